The van der Waals surface area contributed by atoms with E-state index in [9.17, 15) is 13.5 Å². The van der Waals surface area contributed by atoms with Gasteiger partial charge in [-0.25, -0.2) is 22.5 Å². The summed E-state index contributed by atoms with van der Waals surface area (Å²) in [6.45, 7) is 3.72. The molecule has 0 saturated carbocycles. The summed E-state index contributed by atoms with van der Waals surface area (Å²) in [4.78, 5) is 10.7. The topological polar surface area (TPSA) is 126 Å². The first-order valence-corrected chi connectivity index (χ1v) is 15.2. The summed E-state index contributed by atoms with van der Waals surface area (Å²) in [6, 6.07) is 1.67. The molecule has 0 spiro atoms. The van der Waals surface area contributed by atoms with Crippen molar-refractivity contribution in [3.05, 3.63) is 23.3 Å². The molecule has 3 aliphatic rings. The molecule has 0 aliphatic carbocycles. The van der Waals surface area contributed by atoms with Gasteiger partial charge in [0.15, 0.2) is 23.7 Å². The molecule has 0 radical (unpaired) electrons. The molecule has 2 aromatic rings. The van der Waals surface area contributed by atoms with Crippen LogP contribution in [0.2, 0.25) is 0 Å². The van der Waals surface area contributed by atoms with Crippen LogP contribution in [0.3, 0.4) is 0 Å². The van der Waals surface area contributed by atoms with Crippen molar-refractivity contribution in [1.29, 1.82) is 0 Å². The maximum Gasteiger partial charge on any atom is 0.227 e. The Morgan fingerprint density at radius 2 is 1.92 bits per heavy atom. The number of aliphatic hydroxyl groups is 1. The molecule has 3 saturated heterocycles. The molecule has 1 unspecified atom stereocenters. The lowest BCUT2D eigenvalue weighted by molar-refractivity contribution is -0.0404. The number of anilines is 3. The highest BCUT2D eigenvalue weighted by molar-refractivity contribution is 7.89. The largest absolute Gasteiger partial charge is 0.390 e. The molecule has 4 atom stereocenters. The van der Waals surface area contributed by atoms with Gasteiger partial charge in [-0.15, -0.1) is 0 Å². The second-order valence-electron chi connectivity index (χ2n) is 10.6. The molecule has 5 rings (SSSR count). The second-order valence-corrected chi connectivity index (χ2v) is 12.7. The standard InChI is InChI=1S/C25H38FN7O4S/c1-4-38(35,36)33-17-8-7-9-18(33)14-19(13-17)31(3)25-27-20(15-34)23(26)24(29-25)28-21-12-16(2)32(30-21)22-10-5-6-11-37-22/h12,17-19,22,34H,4-11,13-15H2,1-3H3,(H,27,28,29,30)/t17-,18+,19-,22?. The Balaban J connectivity index is 1.38. The Morgan fingerprint density at radius 3 is 2.55 bits per heavy atom. The quantitative estimate of drug-likeness (QED) is 0.509. The molecule has 2 aromatic heterocycles. The second kappa shape index (κ2) is 11.0. The fourth-order valence-electron chi connectivity index (χ4n) is 6.10. The zero-order valence-corrected chi connectivity index (χ0v) is 23.1. The molecule has 2 N–H and O–H groups in total. The molecule has 210 valence electrons. The van der Waals surface area contributed by atoms with Crippen LogP contribution in [0.5, 0.6) is 0 Å². The van der Waals surface area contributed by atoms with E-state index in [1.165, 1.54) is 0 Å². The van der Waals surface area contributed by atoms with Crippen LogP contribution in [0.4, 0.5) is 22.0 Å². The number of aliphatic hydroxyl groups excluding tert-OH is 1. The fraction of sp³-hybridized carbons (Fsp3) is 0.720. The number of aromatic nitrogens is 4. The van der Waals surface area contributed by atoms with E-state index in [4.69, 9.17) is 4.74 Å². The fourth-order valence-corrected chi connectivity index (χ4v) is 7.69. The smallest absolute Gasteiger partial charge is 0.227 e. The molecule has 3 aliphatic heterocycles. The van der Waals surface area contributed by atoms with E-state index in [-0.39, 0.29) is 47.6 Å². The predicted molar refractivity (Wildman–Crippen MR) is 141 cm³/mol. The lowest BCUT2D eigenvalue weighted by Gasteiger charge is -2.49. The van der Waals surface area contributed by atoms with Gasteiger partial charge in [0.25, 0.3) is 0 Å². The van der Waals surface area contributed by atoms with Crippen molar-refractivity contribution in [1.82, 2.24) is 24.1 Å². The number of fused-ring (bicyclic) bond motifs is 2. The SMILES string of the molecule is CCS(=O)(=O)N1[C@@H]2CCC[C@H]1C[C@H](N(C)c1nc(CO)c(F)c(Nc3cc(C)n(C4CCCCO4)n3)n1)C2. The van der Waals surface area contributed by atoms with Gasteiger partial charge in [-0.3, -0.25) is 0 Å². The summed E-state index contributed by atoms with van der Waals surface area (Å²) < 4.78 is 50.1. The molecular weight excluding hydrogens is 513 g/mol. The first kappa shape index (κ1) is 27.2. The van der Waals surface area contributed by atoms with E-state index in [0.29, 0.717) is 25.3 Å². The molecule has 5 heterocycles. The van der Waals surface area contributed by atoms with E-state index < -0.39 is 22.4 Å². The van der Waals surface area contributed by atoms with Gasteiger partial charge < -0.3 is 20.1 Å². The van der Waals surface area contributed by atoms with Crippen LogP contribution >= 0.6 is 0 Å². The van der Waals surface area contributed by atoms with Gasteiger partial charge in [-0.05, 0) is 58.8 Å². The minimum absolute atomic E-state index is 0.0108. The Morgan fingerprint density at radius 1 is 1.18 bits per heavy atom. The van der Waals surface area contributed by atoms with Crippen LogP contribution < -0.4 is 10.2 Å². The van der Waals surface area contributed by atoms with Crippen LogP contribution in [-0.4, -0.2) is 75.1 Å². The van der Waals surface area contributed by atoms with Crippen LogP contribution in [0.25, 0.3) is 0 Å². The molecule has 13 heteroatoms. The van der Waals surface area contributed by atoms with Crippen LogP contribution in [-0.2, 0) is 21.4 Å². The third kappa shape index (κ3) is 5.25. The molecule has 0 aromatic carbocycles. The van der Waals surface area contributed by atoms with Crippen molar-refractivity contribution in [2.24, 2.45) is 0 Å². The molecule has 0 amide bonds. The Hall–Kier alpha value is -2.35. The van der Waals surface area contributed by atoms with E-state index in [1.807, 2.05) is 24.9 Å². The zero-order chi connectivity index (χ0) is 27.0. The van der Waals surface area contributed by atoms with Crippen molar-refractivity contribution >= 4 is 27.6 Å². The third-order valence-corrected chi connectivity index (χ3v) is 10.1. The van der Waals surface area contributed by atoms with Crippen molar-refractivity contribution in [3.63, 3.8) is 0 Å². The highest BCUT2D eigenvalue weighted by Crippen LogP contribution is 2.38. The Bertz CT molecular complexity index is 1240. The first-order chi connectivity index (χ1) is 18.2. The number of halogens is 1. The molecular formula is C25H38FN7O4S. The lowest BCUT2D eigenvalue weighted by Crippen LogP contribution is -2.58. The number of hydrogen-bond acceptors (Lipinski definition) is 9. The summed E-state index contributed by atoms with van der Waals surface area (Å²) in [5.41, 5.74) is 0.774. The monoisotopic (exact) mass is 551 g/mol. The average molecular weight is 552 g/mol. The number of nitrogens with zero attached hydrogens (tertiary/aromatic N) is 6. The number of aryl methyl sites for hydroxylation is 1. The number of rotatable bonds is 8. The maximum atomic E-state index is 15.2. The summed E-state index contributed by atoms with van der Waals surface area (Å²) in [6.07, 6.45) is 6.77. The van der Waals surface area contributed by atoms with Gasteiger partial charge in [0.1, 0.15) is 5.69 Å². The van der Waals surface area contributed by atoms with Crippen LogP contribution in [0, 0.1) is 12.7 Å². The number of ether oxygens (including phenoxy) is 1. The summed E-state index contributed by atoms with van der Waals surface area (Å²) in [7, 11) is -1.44. The molecule has 38 heavy (non-hydrogen) atoms. The van der Waals surface area contributed by atoms with Gasteiger partial charge in [0.05, 0.1) is 12.4 Å². The van der Waals surface area contributed by atoms with Crippen LogP contribution in [0.15, 0.2) is 6.07 Å². The Labute approximate surface area is 223 Å². The van der Waals surface area contributed by atoms with E-state index in [0.717, 1.165) is 44.2 Å². The number of sulfonamides is 1. The van der Waals surface area contributed by atoms with E-state index in [2.05, 4.69) is 20.4 Å². The summed E-state index contributed by atoms with van der Waals surface area (Å²) in [5, 5.41) is 17.4. The maximum absolute atomic E-state index is 15.2. The Kier molecular flexibility index (Phi) is 7.90. The van der Waals surface area contributed by atoms with Crippen molar-refractivity contribution in [3.8, 4) is 0 Å². The van der Waals surface area contributed by atoms with E-state index >= 15 is 4.39 Å². The summed E-state index contributed by atoms with van der Waals surface area (Å²) in [5.74, 6) is 0.00949. The van der Waals surface area contributed by atoms with Crippen molar-refractivity contribution in [2.75, 3.05) is 29.6 Å². The lowest BCUT2D eigenvalue weighted by atomic mass is 9.83. The van der Waals surface area contributed by atoms with Gasteiger partial charge >= 0.3 is 0 Å². The highest BCUT2D eigenvalue weighted by Gasteiger charge is 2.45. The van der Waals surface area contributed by atoms with Crippen molar-refractivity contribution in [2.45, 2.75) is 96.2 Å². The third-order valence-electron chi connectivity index (χ3n) is 8.09. The summed E-state index contributed by atoms with van der Waals surface area (Å²) >= 11 is 0. The van der Waals surface area contributed by atoms with Gasteiger partial charge in [-0.2, -0.15) is 14.4 Å². The molecule has 11 nitrogen and oxygen atoms in total. The minimum atomic E-state index is -3.29. The minimum Gasteiger partial charge on any atom is -0.390 e. The van der Waals surface area contributed by atoms with Gasteiger partial charge in [0.2, 0.25) is 16.0 Å². The first-order valence-electron chi connectivity index (χ1n) is 13.6. The van der Waals surface area contributed by atoms with Gasteiger partial charge in [0, 0.05) is 43.5 Å². The van der Waals surface area contributed by atoms with Crippen molar-refractivity contribution < 1.29 is 22.7 Å². The molecule has 3 fully saturated rings. The van der Waals surface area contributed by atoms with Gasteiger partial charge in [-0.1, -0.05) is 6.42 Å². The normalized spacial score (nSPS) is 26.3. The zero-order valence-electron chi connectivity index (χ0n) is 22.3. The number of nitrogens with one attached hydrogen (secondary N) is 1. The highest BCUT2D eigenvalue weighted by atomic mass is 32.2. The average Bonchev–Trinajstić information content (AvgIpc) is 3.28. The molecule has 2 bridgehead atoms. The number of piperidine rings is 2. The van der Waals surface area contributed by atoms with E-state index in [1.54, 1.807) is 15.9 Å². The number of hydrogen-bond donors (Lipinski definition) is 2. The van der Waals surface area contributed by atoms with Crippen LogP contribution in [0.1, 0.15) is 75.9 Å². The predicted octanol–water partition coefficient (Wildman–Crippen LogP) is 3.23.